The second-order valence-corrected chi connectivity index (χ2v) is 3.34. The van der Waals surface area contributed by atoms with Crippen molar-refractivity contribution in [3.63, 3.8) is 0 Å². The van der Waals surface area contributed by atoms with E-state index >= 15 is 0 Å². The minimum atomic E-state index is 0.274. The second-order valence-electron chi connectivity index (χ2n) is 3.34. The molecule has 0 bridgehead atoms. The van der Waals surface area contributed by atoms with Gasteiger partial charge in [-0.3, -0.25) is 4.79 Å². The Morgan fingerprint density at radius 1 is 1.58 bits per heavy atom. The number of nitrogens with one attached hydrogen (secondary N) is 1. The molecule has 70 valence electrons. The maximum Gasteiger partial charge on any atom is 0.138 e. The van der Waals surface area contributed by atoms with Crippen LogP contribution in [0.4, 0.5) is 0 Å². The molecule has 0 radical (unpaired) electrons. The third kappa shape index (κ3) is 6.10. The van der Waals surface area contributed by atoms with Crippen LogP contribution in [0.15, 0.2) is 12.2 Å². The lowest BCUT2D eigenvalue weighted by Gasteiger charge is -2.10. The maximum atomic E-state index is 11.2. The van der Waals surface area contributed by atoms with Crippen LogP contribution in [0.2, 0.25) is 0 Å². The fourth-order valence-corrected chi connectivity index (χ4v) is 1.17. The molecule has 0 aliphatic carbocycles. The van der Waals surface area contributed by atoms with Crippen LogP contribution in [0.3, 0.4) is 0 Å². The Kier molecular flexibility index (Phi) is 5.64. The maximum absolute atomic E-state index is 11.2. The van der Waals surface area contributed by atoms with Gasteiger partial charge in [0.25, 0.3) is 0 Å². The van der Waals surface area contributed by atoms with Gasteiger partial charge >= 0.3 is 0 Å². The van der Waals surface area contributed by atoms with Gasteiger partial charge in [-0.05, 0) is 20.4 Å². The third-order valence-electron chi connectivity index (χ3n) is 1.59. The zero-order valence-corrected chi connectivity index (χ0v) is 8.31. The molecule has 12 heavy (non-hydrogen) atoms. The van der Waals surface area contributed by atoms with Gasteiger partial charge in [0.1, 0.15) is 5.78 Å². The van der Waals surface area contributed by atoms with E-state index < -0.39 is 0 Å². The summed E-state index contributed by atoms with van der Waals surface area (Å²) in [4.78, 5) is 11.2. The van der Waals surface area contributed by atoms with E-state index in [1.807, 2.05) is 20.8 Å². The van der Waals surface area contributed by atoms with Crippen LogP contribution in [0.25, 0.3) is 0 Å². The molecule has 0 rings (SSSR count). The quantitative estimate of drug-likeness (QED) is 0.615. The van der Waals surface area contributed by atoms with Crippen LogP contribution in [0.5, 0.6) is 0 Å². The standard InChI is InChI=1S/C10H19NO/c1-5-11-9(4)7-10(12)6-8(2)3/h9,11H,2,5-7H2,1,3-4H3. The average molecular weight is 169 g/mol. The first-order valence-electron chi connectivity index (χ1n) is 4.45. The van der Waals surface area contributed by atoms with E-state index in [1.54, 1.807) is 0 Å². The molecule has 0 saturated carbocycles. The van der Waals surface area contributed by atoms with Crippen molar-refractivity contribution in [2.45, 2.75) is 39.7 Å². The van der Waals surface area contributed by atoms with Gasteiger partial charge in [-0.15, -0.1) is 0 Å². The van der Waals surface area contributed by atoms with Crippen LogP contribution < -0.4 is 5.32 Å². The van der Waals surface area contributed by atoms with E-state index in [1.165, 1.54) is 0 Å². The number of carbonyl (C=O) groups excluding carboxylic acids is 1. The lowest BCUT2D eigenvalue weighted by molar-refractivity contribution is -0.118. The summed E-state index contributed by atoms with van der Waals surface area (Å²) in [6, 6.07) is 0.293. The predicted molar refractivity (Wildman–Crippen MR) is 52.2 cm³/mol. The van der Waals surface area contributed by atoms with E-state index in [0.717, 1.165) is 12.1 Å². The van der Waals surface area contributed by atoms with Crippen molar-refractivity contribution in [1.29, 1.82) is 0 Å². The van der Waals surface area contributed by atoms with Gasteiger partial charge in [-0.1, -0.05) is 19.1 Å². The van der Waals surface area contributed by atoms with Gasteiger partial charge in [-0.2, -0.15) is 0 Å². The van der Waals surface area contributed by atoms with Crippen molar-refractivity contribution < 1.29 is 4.79 Å². The molecule has 0 aromatic heterocycles. The van der Waals surface area contributed by atoms with Crippen molar-refractivity contribution in [3.8, 4) is 0 Å². The number of hydrogen-bond donors (Lipinski definition) is 1. The highest BCUT2D eigenvalue weighted by Crippen LogP contribution is 2.02. The van der Waals surface area contributed by atoms with E-state index in [-0.39, 0.29) is 5.78 Å². The Morgan fingerprint density at radius 2 is 2.17 bits per heavy atom. The Hall–Kier alpha value is -0.630. The first kappa shape index (κ1) is 11.4. The van der Waals surface area contributed by atoms with Crippen LogP contribution in [-0.2, 0) is 4.79 Å². The molecule has 0 amide bonds. The van der Waals surface area contributed by atoms with Crippen LogP contribution in [0, 0.1) is 0 Å². The summed E-state index contributed by atoms with van der Waals surface area (Å²) in [5.41, 5.74) is 0.948. The fraction of sp³-hybridized carbons (Fsp3) is 0.700. The number of hydrogen-bond acceptors (Lipinski definition) is 2. The minimum Gasteiger partial charge on any atom is -0.314 e. The average Bonchev–Trinajstić information content (AvgIpc) is 1.84. The summed E-state index contributed by atoms with van der Waals surface area (Å²) in [6.45, 7) is 10.6. The lowest BCUT2D eigenvalue weighted by atomic mass is 10.1. The Balaban J connectivity index is 3.61. The highest BCUT2D eigenvalue weighted by molar-refractivity contribution is 5.81. The van der Waals surface area contributed by atoms with Crippen molar-refractivity contribution in [2.24, 2.45) is 0 Å². The molecule has 0 heterocycles. The molecule has 0 aromatic carbocycles. The highest BCUT2D eigenvalue weighted by Gasteiger charge is 2.07. The van der Waals surface area contributed by atoms with Crippen LogP contribution >= 0.6 is 0 Å². The Morgan fingerprint density at radius 3 is 2.58 bits per heavy atom. The molecular formula is C10H19NO. The molecule has 0 aromatic rings. The summed E-state index contributed by atoms with van der Waals surface area (Å²) < 4.78 is 0. The molecule has 1 atom stereocenters. The topological polar surface area (TPSA) is 29.1 Å². The molecule has 2 nitrogen and oxygen atoms in total. The van der Waals surface area contributed by atoms with Gasteiger partial charge in [-0.25, -0.2) is 0 Å². The second kappa shape index (κ2) is 5.95. The molecule has 2 heteroatoms. The van der Waals surface area contributed by atoms with Gasteiger partial charge < -0.3 is 5.32 Å². The number of carbonyl (C=O) groups is 1. The first-order chi connectivity index (χ1) is 5.56. The summed E-state index contributed by atoms with van der Waals surface area (Å²) in [6.07, 6.45) is 1.14. The molecular weight excluding hydrogens is 150 g/mol. The van der Waals surface area contributed by atoms with Crippen molar-refractivity contribution >= 4 is 5.78 Å². The zero-order chi connectivity index (χ0) is 9.56. The van der Waals surface area contributed by atoms with Crippen LogP contribution in [0.1, 0.15) is 33.6 Å². The normalized spacial score (nSPS) is 12.6. The summed E-state index contributed by atoms with van der Waals surface area (Å²) >= 11 is 0. The number of Topliss-reactive ketones (excluding diaryl/α,β-unsaturated/α-hetero) is 1. The highest BCUT2D eigenvalue weighted by atomic mass is 16.1. The van der Waals surface area contributed by atoms with Crippen molar-refractivity contribution in [2.75, 3.05) is 6.54 Å². The molecule has 0 aliphatic rings. The van der Waals surface area contributed by atoms with Crippen LogP contribution in [-0.4, -0.2) is 18.4 Å². The first-order valence-corrected chi connectivity index (χ1v) is 4.45. The molecule has 1 N–H and O–H groups in total. The molecule has 1 unspecified atom stereocenters. The zero-order valence-electron chi connectivity index (χ0n) is 8.31. The van der Waals surface area contributed by atoms with Crippen molar-refractivity contribution in [3.05, 3.63) is 12.2 Å². The van der Waals surface area contributed by atoms with Gasteiger partial charge in [0.15, 0.2) is 0 Å². The summed E-state index contributed by atoms with van der Waals surface area (Å²) in [5.74, 6) is 0.274. The Labute approximate surface area is 75.0 Å². The smallest absolute Gasteiger partial charge is 0.138 e. The van der Waals surface area contributed by atoms with Crippen molar-refractivity contribution in [1.82, 2.24) is 5.32 Å². The number of allylic oxidation sites excluding steroid dienone is 1. The van der Waals surface area contributed by atoms with E-state index in [4.69, 9.17) is 0 Å². The minimum absolute atomic E-state index is 0.274. The van der Waals surface area contributed by atoms with Gasteiger partial charge in [0.2, 0.25) is 0 Å². The predicted octanol–water partition coefficient (Wildman–Crippen LogP) is 1.91. The molecule has 0 spiro atoms. The summed E-state index contributed by atoms with van der Waals surface area (Å²) in [5, 5.41) is 3.20. The molecule has 0 saturated heterocycles. The van der Waals surface area contributed by atoms with Gasteiger partial charge in [0.05, 0.1) is 0 Å². The third-order valence-corrected chi connectivity index (χ3v) is 1.59. The van der Waals surface area contributed by atoms with Gasteiger partial charge in [0, 0.05) is 18.9 Å². The van der Waals surface area contributed by atoms with E-state index in [2.05, 4.69) is 11.9 Å². The van der Waals surface area contributed by atoms with E-state index in [0.29, 0.717) is 18.9 Å². The number of rotatable bonds is 6. The fourth-order valence-electron chi connectivity index (χ4n) is 1.17. The SMILES string of the molecule is C=C(C)CC(=O)CC(C)NCC. The lowest BCUT2D eigenvalue weighted by Crippen LogP contribution is -2.28. The monoisotopic (exact) mass is 169 g/mol. The molecule has 0 fully saturated rings. The Bertz CT molecular complexity index is 163. The molecule has 0 aliphatic heterocycles. The number of ketones is 1. The largest absolute Gasteiger partial charge is 0.314 e. The summed E-state index contributed by atoms with van der Waals surface area (Å²) in [7, 11) is 0. The van der Waals surface area contributed by atoms with E-state index in [9.17, 15) is 4.79 Å².